The minimum absolute atomic E-state index is 0.0209. The number of carbonyl (C=O) groups is 1. The van der Waals surface area contributed by atoms with Gasteiger partial charge < -0.3 is 10.5 Å². The van der Waals surface area contributed by atoms with Crippen molar-refractivity contribution in [1.29, 1.82) is 0 Å². The van der Waals surface area contributed by atoms with Crippen LogP contribution in [0.25, 0.3) is 0 Å². The van der Waals surface area contributed by atoms with Crippen LogP contribution >= 0.6 is 0 Å². The van der Waals surface area contributed by atoms with Crippen LogP contribution in [0.2, 0.25) is 0 Å². The molecule has 2 bridgehead atoms. The second kappa shape index (κ2) is 2.59. The number of esters is 1. The van der Waals surface area contributed by atoms with Gasteiger partial charge >= 0.3 is 5.97 Å². The minimum atomic E-state index is -0.153. The van der Waals surface area contributed by atoms with Gasteiger partial charge in [-0.3, -0.25) is 4.79 Å². The molecule has 0 aromatic carbocycles. The molecule has 0 spiro atoms. The zero-order chi connectivity index (χ0) is 8.72. The molecule has 0 aromatic rings. The molecule has 3 nitrogen and oxygen atoms in total. The normalized spacial score (nSPS) is 43.5. The van der Waals surface area contributed by atoms with Crippen molar-refractivity contribution in [3.8, 4) is 0 Å². The van der Waals surface area contributed by atoms with E-state index in [1.807, 2.05) is 0 Å². The summed E-state index contributed by atoms with van der Waals surface area (Å²) in [5, 5.41) is 0. The fourth-order valence-electron chi connectivity index (χ4n) is 2.33. The molecule has 0 unspecified atom stereocenters. The van der Waals surface area contributed by atoms with Crippen molar-refractivity contribution in [2.45, 2.75) is 12.5 Å². The highest BCUT2D eigenvalue weighted by molar-refractivity contribution is 5.75. The summed E-state index contributed by atoms with van der Waals surface area (Å²) in [6.45, 7) is 0. The third-order valence-electron chi connectivity index (χ3n) is 2.99. The number of fused-ring (bicyclic) bond motifs is 2. The first kappa shape index (κ1) is 7.80. The second-order valence-corrected chi connectivity index (χ2v) is 3.57. The Hall–Kier alpha value is -0.830. The Labute approximate surface area is 71.6 Å². The second-order valence-electron chi connectivity index (χ2n) is 3.57. The first-order valence-electron chi connectivity index (χ1n) is 4.26. The molecular weight excluding hydrogens is 154 g/mol. The minimum Gasteiger partial charge on any atom is -0.469 e. The molecule has 0 saturated heterocycles. The molecule has 1 saturated carbocycles. The van der Waals surface area contributed by atoms with Crippen LogP contribution in [-0.2, 0) is 9.53 Å². The molecule has 1 fully saturated rings. The summed E-state index contributed by atoms with van der Waals surface area (Å²) in [6.07, 6.45) is 5.24. The lowest BCUT2D eigenvalue weighted by Gasteiger charge is -2.21. The number of rotatable bonds is 1. The molecule has 66 valence electrons. The number of hydrogen-bond donors (Lipinski definition) is 1. The molecule has 2 aliphatic rings. The lowest BCUT2D eigenvalue weighted by molar-refractivity contribution is -0.146. The summed E-state index contributed by atoms with van der Waals surface area (Å²) in [7, 11) is 1.42. The molecule has 0 aliphatic heterocycles. The van der Waals surface area contributed by atoms with Crippen molar-refractivity contribution in [1.82, 2.24) is 0 Å². The number of ether oxygens (including phenoxy) is 1. The monoisotopic (exact) mass is 167 g/mol. The Morgan fingerprint density at radius 1 is 1.50 bits per heavy atom. The van der Waals surface area contributed by atoms with Crippen LogP contribution in [0.5, 0.6) is 0 Å². The molecule has 0 aromatic heterocycles. The highest BCUT2D eigenvalue weighted by Gasteiger charge is 2.46. The highest BCUT2D eigenvalue weighted by atomic mass is 16.5. The average molecular weight is 167 g/mol. The van der Waals surface area contributed by atoms with Gasteiger partial charge in [-0.25, -0.2) is 0 Å². The molecule has 0 heterocycles. The van der Waals surface area contributed by atoms with Crippen LogP contribution in [0.3, 0.4) is 0 Å². The van der Waals surface area contributed by atoms with Crippen LogP contribution < -0.4 is 5.73 Å². The van der Waals surface area contributed by atoms with Crippen molar-refractivity contribution < 1.29 is 9.53 Å². The van der Waals surface area contributed by atoms with Gasteiger partial charge in [-0.2, -0.15) is 0 Å². The van der Waals surface area contributed by atoms with Crippen LogP contribution in [-0.4, -0.2) is 19.1 Å². The van der Waals surface area contributed by atoms with E-state index in [4.69, 9.17) is 10.5 Å². The van der Waals surface area contributed by atoms with Crippen LogP contribution in [0, 0.1) is 17.8 Å². The largest absolute Gasteiger partial charge is 0.469 e. The van der Waals surface area contributed by atoms with E-state index in [-0.39, 0.29) is 17.9 Å². The summed E-state index contributed by atoms with van der Waals surface area (Å²) in [4.78, 5) is 11.3. The maximum absolute atomic E-state index is 11.3. The third-order valence-corrected chi connectivity index (χ3v) is 2.99. The zero-order valence-corrected chi connectivity index (χ0v) is 7.07. The predicted octanol–water partition coefficient (Wildman–Crippen LogP) is 0.309. The molecule has 4 atom stereocenters. The van der Waals surface area contributed by atoms with Gasteiger partial charge in [-0.05, 0) is 18.3 Å². The summed E-state index contributed by atoms with van der Waals surface area (Å²) >= 11 is 0. The first-order chi connectivity index (χ1) is 5.74. The molecule has 0 amide bonds. The maximum atomic E-state index is 11.3. The number of allylic oxidation sites excluding steroid dienone is 1. The summed E-state index contributed by atoms with van der Waals surface area (Å²) < 4.78 is 4.70. The quantitative estimate of drug-likeness (QED) is 0.451. The van der Waals surface area contributed by atoms with Crippen molar-refractivity contribution in [2.75, 3.05) is 7.11 Å². The molecule has 2 aliphatic carbocycles. The van der Waals surface area contributed by atoms with E-state index >= 15 is 0 Å². The lowest BCUT2D eigenvalue weighted by atomic mass is 9.90. The van der Waals surface area contributed by atoms with Gasteiger partial charge in [-0.15, -0.1) is 0 Å². The van der Waals surface area contributed by atoms with Gasteiger partial charge in [-0.1, -0.05) is 12.2 Å². The van der Waals surface area contributed by atoms with Gasteiger partial charge in [0.1, 0.15) is 0 Å². The maximum Gasteiger partial charge on any atom is 0.310 e. The topological polar surface area (TPSA) is 52.3 Å². The third kappa shape index (κ3) is 0.894. The van der Waals surface area contributed by atoms with Crippen molar-refractivity contribution in [2.24, 2.45) is 23.5 Å². The Morgan fingerprint density at radius 3 is 2.67 bits per heavy atom. The summed E-state index contributed by atoms with van der Waals surface area (Å²) in [5.74, 6) is 0.487. The number of nitrogens with two attached hydrogens (primary N) is 1. The zero-order valence-electron chi connectivity index (χ0n) is 7.07. The SMILES string of the molecule is COC(=O)[C@@H]1[C@@H](N)[C@@H]2C=C[C@@H]1C2. The average Bonchev–Trinajstić information content (AvgIpc) is 2.63. The van der Waals surface area contributed by atoms with Crippen LogP contribution in [0.4, 0.5) is 0 Å². The molecule has 12 heavy (non-hydrogen) atoms. The van der Waals surface area contributed by atoms with Gasteiger partial charge in [0.2, 0.25) is 0 Å². The van der Waals surface area contributed by atoms with E-state index in [1.54, 1.807) is 0 Å². The molecule has 2 rings (SSSR count). The fourth-order valence-corrected chi connectivity index (χ4v) is 2.33. The van der Waals surface area contributed by atoms with Crippen molar-refractivity contribution >= 4 is 5.97 Å². The molecule has 0 radical (unpaired) electrons. The van der Waals surface area contributed by atoms with E-state index in [2.05, 4.69) is 12.2 Å². The highest BCUT2D eigenvalue weighted by Crippen LogP contribution is 2.42. The van der Waals surface area contributed by atoms with Crippen molar-refractivity contribution in [3.05, 3.63) is 12.2 Å². The van der Waals surface area contributed by atoms with Gasteiger partial charge in [0.15, 0.2) is 0 Å². The lowest BCUT2D eigenvalue weighted by Crippen LogP contribution is -2.39. The van der Waals surface area contributed by atoms with E-state index in [0.717, 1.165) is 6.42 Å². The number of methoxy groups -OCH3 is 1. The van der Waals surface area contributed by atoms with E-state index in [9.17, 15) is 4.79 Å². The fraction of sp³-hybridized carbons (Fsp3) is 0.667. The van der Waals surface area contributed by atoms with Gasteiger partial charge in [0, 0.05) is 6.04 Å². The van der Waals surface area contributed by atoms with Gasteiger partial charge in [0.05, 0.1) is 13.0 Å². The smallest absolute Gasteiger partial charge is 0.310 e. The molecule has 3 heteroatoms. The van der Waals surface area contributed by atoms with Crippen LogP contribution in [0.1, 0.15) is 6.42 Å². The Bertz CT molecular complexity index is 237. The first-order valence-corrected chi connectivity index (χ1v) is 4.26. The molecule has 2 N–H and O–H groups in total. The Balaban J connectivity index is 2.18. The van der Waals surface area contributed by atoms with E-state index in [0.29, 0.717) is 11.8 Å². The summed E-state index contributed by atoms with van der Waals surface area (Å²) in [5.41, 5.74) is 5.89. The van der Waals surface area contributed by atoms with E-state index in [1.165, 1.54) is 7.11 Å². The van der Waals surface area contributed by atoms with E-state index < -0.39 is 0 Å². The van der Waals surface area contributed by atoms with Crippen molar-refractivity contribution in [3.63, 3.8) is 0 Å². The number of hydrogen-bond acceptors (Lipinski definition) is 3. The van der Waals surface area contributed by atoms with Gasteiger partial charge in [0.25, 0.3) is 0 Å². The standard InChI is InChI=1S/C9H13NO2/c1-12-9(11)7-5-2-3-6(4-5)8(7)10/h2-3,5-8H,4,10H2,1H3/t5-,6-,7+,8+/m1/s1. The molecular formula is C9H13NO2. The Morgan fingerprint density at radius 2 is 2.17 bits per heavy atom. The predicted molar refractivity (Wildman–Crippen MR) is 44.2 cm³/mol. The summed E-state index contributed by atoms with van der Waals surface area (Å²) in [6, 6.07) is -0.0209. The Kier molecular flexibility index (Phi) is 1.68. The van der Waals surface area contributed by atoms with Crippen LogP contribution in [0.15, 0.2) is 12.2 Å². The number of carbonyl (C=O) groups excluding carboxylic acids is 1.